The van der Waals surface area contributed by atoms with E-state index in [1.807, 2.05) is 0 Å². The minimum Gasteiger partial charge on any atom is -0.393 e. The lowest BCUT2D eigenvalue weighted by Gasteiger charge is -2.24. The van der Waals surface area contributed by atoms with Crippen LogP contribution >= 0.6 is 12.2 Å². The van der Waals surface area contributed by atoms with Gasteiger partial charge in [-0.1, -0.05) is 12.2 Å². The molecule has 0 bridgehead atoms. The molecule has 0 aromatic heterocycles. The molecular formula is C12H25N3OS. The number of nitrogens with two attached hydrogens (primary N) is 1. The van der Waals surface area contributed by atoms with E-state index in [0.717, 1.165) is 39.2 Å². The smallest absolute Gasteiger partial charge is 0.0740 e. The molecule has 2 N–H and O–H groups in total. The van der Waals surface area contributed by atoms with E-state index < -0.39 is 0 Å². The summed E-state index contributed by atoms with van der Waals surface area (Å²) in [6, 6.07) is 0. The van der Waals surface area contributed by atoms with E-state index in [-0.39, 0.29) is 0 Å². The molecule has 5 heteroatoms. The van der Waals surface area contributed by atoms with E-state index in [2.05, 4.69) is 9.80 Å². The molecular weight excluding hydrogens is 234 g/mol. The fraction of sp³-hybridized carbons (Fsp3) is 0.917. The summed E-state index contributed by atoms with van der Waals surface area (Å²) >= 11 is 4.93. The highest BCUT2D eigenvalue weighted by molar-refractivity contribution is 7.80. The summed E-state index contributed by atoms with van der Waals surface area (Å²) in [5.74, 6) is 0. The molecule has 1 aliphatic heterocycles. The Morgan fingerprint density at radius 1 is 1.29 bits per heavy atom. The summed E-state index contributed by atoms with van der Waals surface area (Å²) in [4.78, 5) is 5.52. The highest BCUT2D eigenvalue weighted by atomic mass is 32.1. The van der Waals surface area contributed by atoms with Crippen molar-refractivity contribution in [2.45, 2.75) is 19.3 Å². The van der Waals surface area contributed by atoms with E-state index in [1.54, 1.807) is 7.11 Å². The zero-order valence-electron chi connectivity index (χ0n) is 10.9. The van der Waals surface area contributed by atoms with Crippen LogP contribution in [0, 0.1) is 0 Å². The van der Waals surface area contributed by atoms with Crippen molar-refractivity contribution in [1.29, 1.82) is 0 Å². The van der Waals surface area contributed by atoms with Crippen LogP contribution in [0.3, 0.4) is 0 Å². The molecule has 4 nitrogen and oxygen atoms in total. The maximum atomic E-state index is 5.55. The predicted octanol–water partition coefficient (Wildman–Crippen LogP) is 0.707. The van der Waals surface area contributed by atoms with Crippen LogP contribution < -0.4 is 5.73 Å². The molecule has 0 spiro atoms. The second-order valence-electron chi connectivity index (χ2n) is 4.60. The third kappa shape index (κ3) is 6.93. The molecule has 100 valence electrons. The molecule has 0 atom stereocenters. The second-order valence-corrected chi connectivity index (χ2v) is 5.12. The van der Waals surface area contributed by atoms with Gasteiger partial charge in [0.2, 0.25) is 0 Å². The molecule has 0 aromatic carbocycles. The maximum Gasteiger partial charge on any atom is 0.0740 e. The van der Waals surface area contributed by atoms with Crippen LogP contribution in [-0.2, 0) is 4.74 Å². The summed E-state index contributed by atoms with van der Waals surface area (Å²) in [6.45, 7) is 7.45. The van der Waals surface area contributed by atoms with E-state index >= 15 is 0 Å². The van der Waals surface area contributed by atoms with Crippen LogP contribution in [0.5, 0.6) is 0 Å². The van der Waals surface area contributed by atoms with Crippen molar-refractivity contribution in [2.75, 3.05) is 53.0 Å². The highest BCUT2D eigenvalue weighted by Gasteiger charge is 2.13. The summed E-state index contributed by atoms with van der Waals surface area (Å²) in [5.41, 5.74) is 5.55. The Kier molecular flexibility index (Phi) is 7.68. The van der Waals surface area contributed by atoms with Gasteiger partial charge in [0.05, 0.1) is 11.6 Å². The molecule has 17 heavy (non-hydrogen) atoms. The Labute approximate surface area is 110 Å². The standard InChI is InChI=1S/C12H25N3OS/c1-16-11-10-15(7-4-12(13)17)9-8-14-5-2-3-6-14/h2-11H2,1H3,(H2,13,17). The molecule has 1 fully saturated rings. The van der Waals surface area contributed by atoms with Crippen LogP contribution in [0.4, 0.5) is 0 Å². The number of hydrogen-bond acceptors (Lipinski definition) is 4. The van der Waals surface area contributed by atoms with E-state index in [0.29, 0.717) is 4.99 Å². The van der Waals surface area contributed by atoms with Gasteiger partial charge in [-0.3, -0.25) is 4.90 Å². The Morgan fingerprint density at radius 2 is 2.00 bits per heavy atom. The predicted molar refractivity (Wildman–Crippen MR) is 75.4 cm³/mol. The van der Waals surface area contributed by atoms with Crippen molar-refractivity contribution in [3.05, 3.63) is 0 Å². The number of likely N-dealkylation sites (tertiary alicyclic amines) is 1. The highest BCUT2D eigenvalue weighted by Crippen LogP contribution is 2.06. The molecule has 1 aliphatic rings. The van der Waals surface area contributed by atoms with Gasteiger partial charge in [-0.15, -0.1) is 0 Å². The van der Waals surface area contributed by atoms with Crippen molar-refractivity contribution in [1.82, 2.24) is 9.80 Å². The van der Waals surface area contributed by atoms with Crippen LogP contribution in [0.15, 0.2) is 0 Å². The van der Waals surface area contributed by atoms with Gasteiger partial charge in [0.1, 0.15) is 0 Å². The van der Waals surface area contributed by atoms with Crippen molar-refractivity contribution in [3.8, 4) is 0 Å². The Bertz CT molecular complexity index is 220. The first-order valence-corrected chi connectivity index (χ1v) is 6.85. The quantitative estimate of drug-likeness (QED) is 0.618. The molecule has 0 saturated carbocycles. The summed E-state index contributed by atoms with van der Waals surface area (Å²) in [6.07, 6.45) is 3.51. The van der Waals surface area contributed by atoms with E-state index in [9.17, 15) is 0 Å². The van der Waals surface area contributed by atoms with Gasteiger partial charge in [0.15, 0.2) is 0 Å². The maximum absolute atomic E-state index is 5.55. The molecule has 1 saturated heterocycles. The first-order valence-electron chi connectivity index (χ1n) is 6.44. The van der Waals surface area contributed by atoms with Crippen molar-refractivity contribution in [3.63, 3.8) is 0 Å². The molecule has 0 amide bonds. The van der Waals surface area contributed by atoms with Gasteiger partial charge in [0, 0.05) is 39.7 Å². The average molecular weight is 259 g/mol. The van der Waals surface area contributed by atoms with Crippen molar-refractivity contribution < 1.29 is 4.74 Å². The zero-order valence-corrected chi connectivity index (χ0v) is 11.7. The van der Waals surface area contributed by atoms with Crippen LogP contribution in [0.2, 0.25) is 0 Å². The van der Waals surface area contributed by atoms with Gasteiger partial charge >= 0.3 is 0 Å². The summed E-state index contributed by atoms with van der Waals surface area (Å²) in [7, 11) is 1.74. The summed E-state index contributed by atoms with van der Waals surface area (Å²) < 4.78 is 5.13. The number of hydrogen-bond donors (Lipinski definition) is 1. The van der Waals surface area contributed by atoms with Crippen molar-refractivity contribution in [2.24, 2.45) is 5.73 Å². The Hall–Kier alpha value is -0.230. The van der Waals surface area contributed by atoms with Crippen LogP contribution in [-0.4, -0.2) is 67.8 Å². The van der Waals surface area contributed by atoms with Gasteiger partial charge in [-0.25, -0.2) is 0 Å². The van der Waals surface area contributed by atoms with E-state index in [4.69, 9.17) is 22.7 Å². The fourth-order valence-corrected chi connectivity index (χ4v) is 2.20. The Morgan fingerprint density at radius 3 is 2.59 bits per heavy atom. The zero-order chi connectivity index (χ0) is 12.5. The summed E-state index contributed by atoms with van der Waals surface area (Å²) in [5, 5.41) is 0. The number of methoxy groups -OCH3 is 1. The van der Waals surface area contributed by atoms with Gasteiger partial charge < -0.3 is 15.4 Å². The minimum atomic E-state index is 0.605. The average Bonchev–Trinajstić information content (AvgIpc) is 2.80. The third-order valence-electron chi connectivity index (χ3n) is 3.22. The van der Waals surface area contributed by atoms with Gasteiger partial charge in [-0.05, 0) is 25.9 Å². The molecule has 0 radical (unpaired) electrons. The SMILES string of the molecule is COCCN(CCC(N)=S)CCN1CCCC1. The second kappa shape index (κ2) is 8.80. The lowest BCUT2D eigenvalue weighted by molar-refractivity contribution is 0.141. The number of thiocarbonyl (C=S) groups is 1. The molecule has 1 rings (SSSR count). The van der Waals surface area contributed by atoms with Gasteiger partial charge in [0.25, 0.3) is 0 Å². The van der Waals surface area contributed by atoms with Crippen LogP contribution in [0.25, 0.3) is 0 Å². The normalized spacial score (nSPS) is 16.8. The monoisotopic (exact) mass is 259 g/mol. The van der Waals surface area contributed by atoms with Crippen LogP contribution in [0.1, 0.15) is 19.3 Å². The minimum absolute atomic E-state index is 0.605. The Balaban J connectivity index is 2.20. The lowest BCUT2D eigenvalue weighted by atomic mass is 10.3. The number of nitrogens with zero attached hydrogens (tertiary/aromatic N) is 2. The number of ether oxygens (including phenoxy) is 1. The lowest BCUT2D eigenvalue weighted by Crippen LogP contribution is -2.37. The number of rotatable bonds is 9. The third-order valence-corrected chi connectivity index (χ3v) is 3.42. The molecule has 0 unspecified atom stereocenters. The van der Waals surface area contributed by atoms with Crippen molar-refractivity contribution >= 4 is 17.2 Å². The topological polar surface area (TPSA) is 41.7 Å². The first-order chi connectivity index (χ1) is 8.22. The molecule has 0 aliphatic carbocycles. The van der Waals surface area contributed by atoms with Gasteiger partial charge in [-0.2, -0.15) is 0 Å². The molecule has 1 heterocycles. The largest absolute Gasteiger partial charge is 0.393 e. The molecule has 0 aromatic rings. The van der Waals surface area contributed by atoms with E-state index in [1.165, 1.54) is 25.9 Å². The first kappa shape index (κ1) is 14.8. The fourth-order valence-electron chi connectivity index (χ4n) is 2.11.